The SMILES string of the molecule is COc1ccc(Cn2nc(C)c(NC(=O)c3ccc(COc4ccccc4Br)cc3)c2C)cc1OC. The maximum Gasteiger partial charge on any atom is 0.255 e. The monoisotopic (exact) mass is 549 g/mol. The molecule has 4 rings (SSSR count). The zero-order valence-electron chi connectivity index (χ0n) is 20.7. The molecule has 0 saturated heterocycles. The number of aryl methyl sites for hydroxylation is 1. The molecule has 0 atom stereocenters. The first kappa shape index (κ1) is 25.3. The Kier molecular flexibility index (Phi) is 7.95. The molecule has 186 valence electrons. The van der Waals surface area contributed by atoms with Crippen LogP contribution in [0, 0.1) is 13.8 Å². The first-order valence-electron chi connectivity index (χ1n) is 11.4. The smallest absolute Gasteiger partial charge is 0.255 e. The van der Waals surface area contributed by atoms with Gasteiger partial charge in [-0.3, -0.25) is 9.48 Å². The van der Waals surface area contributed by atoms with Gasteiger partial charge in [0.15, 0.2) is 11.5 Å². The van der Waals surface area contributed by atoms with Crippen molar-refractivity contribution in [2.24, 2.45) is 0 Å². The van der Waals surface area contributed by atoms with Crippen LogP contribution < -0.4 is 19.5 Å². The van der Waals surface area contributed by atoms with Crippen LogP contribution in [0.1, 0.15) is 32.9 Å². The fraction of sp³-hybridized carbons (Fsp3) is 0.214. The molecule has 7 nitrogen and oxygen atoms in total. The fourth-order valence-electron chi connectivity index (χ4n) is 3.84. The highest BCUT2D eigenvalue weighted by atomic mass is 79.9. The van der Waals surface area contributed by atoms with E-state index in [1.54, 1.807) is 26.4 Å². The standard InChI is InChI=1S/C28H28BrN3O4/c1-18-27(19(2)32(31-18)16-21-11-14-25(34-3)26(15-21)35-4)30-28(33)22-12-9-20(10-13-22)17-36-24-8-6-5-7-23(24)29/h5-15H,16-17H2,1-4H3,(H,30,33). The van der Waals surface area contributed by atoms with Gasteiger partial charge in [-0.05, 0) is 77.3 Å². The second kappa shape index (κ2) is 11.3. The third-order valence-electron chi connectivity index (χ3n) is 5.85. The van der Waals surface area contributed by atoms with Gasteiger partial charge in [-0.2, -0.15) is 5.10 Å². The molecule has 0 bridgehead atoms. The number of aromatic nitrogens is 2. The molecule has 4 aromatic rings. The van der Waals surface area contributed by atoms with Crippen molar-refractivity contribution in [3.63, 3.8) is 0 Å². The third kappa shape index (κ3) is 5.71. The normalized spacial score (nSPS) is 10.7. The summed E-state index contributed by atoms with van der Waals surface area (Å²) in [6, 6.07) is 20.9. The third-order valence-corrected chi connectivity index (χ3v) is 6.50. The minimum atomic E-state index is -0.190. The summed E-state index contributed by atoms with van der Waals surface area (Å²) >= 11 is 3.48. The Morgan fingerprint density at radius 3 is 2.31 bits per heavy atom. The summed E-state index contributed by atoms with van der Waals surface area (Å²) in [5, 5.41) is 7.66. The molecule has 0 aliphatic heterocycles. The van der Waals surface area contributed by atoms with E-state index in [0.29, 0.717) is 35.9 Å². The van der Waals surface area contributed by atoms with E-state index in [4.69, 9.17) is 14.2 Å². The average molecular weight is 550 g/mol. The molecule has 0 aliphatic rings. The Balaban J connectivity index is 1.42. The lowest BCUT2D eigenvalue weighted by atomic mass is 10.1. The molecule has 0 fully saturated rings. The number of nitrogens with one attached hydrogen (secondary N) is 1. The lowest BCUT2D eigenvalue weighted by molar-refractivity contribution is 0.102. The van der Waals surface area contributed by atoms with Gasteiger partial charge in [0, 0.05) is 5.56 Å². The molecule has 1 heterocycles. The van der Waals surface area contributed by atoms with Crippen LogP contribution >= 0.6 is 15.9 Å². The van der Waals surface area contributed by atoms with Crippen molar-refractivity contribution >= 4 is 27.5 Å². The van der Waals surface area contributed by atoms with E-state index >= 15 is 0 Å². The van der Waals surface area contributed by atoms with Gasteiger partial charge in [0.2, 0.25) is 0 Å². The largest absolute Gasteiger partial charge is 0.493 e. The number of amides is 1. The second-order valence-electron chi connectivity index (χ2n) is 8.26. The van der Waals surface area contributed by atoms with Gasteiger partial charge < -0.3 is 19.5 Å². The number of methoxy groups -OCH3 is 2. The Morgan fingerprint density at radius 1 is 0.917 bits per heavy atom. The number of rotatable bonds is 9. The van der Waals surface area contributed by atoms with Crippen molar-refractivity contribution in [3.05, 3.63) is 99.3 Å². The molecule has 1 amide bonds. The van der Waals surface area contributed by atoms with Crippen LogP contribution in [0.2, 0.25) is 0 Å². The molecule has 0 unspecified atom stereocenters. The molecule has 3 aromatic carbocycles. The number of hydrogen-bond donors (Lipinski definition) is 1. The quantitative estimate of drug-likeness (QED) is 0.270. The van der Waals surface area contributed by atoms with Crippen molar-refractivity contribution in [1.82, 2.24) is 9.78 Å². The molecule has 1 aromatic heterocycles. The predicted molar refractivity (Wildman–Crippen MR) is 143 cm³/mol. The molecule has 0 aliphatic carbocycles. The summed E-state index contributed by atoms with van der Waals surface area (Å²) in [6.07, 6.45) is 0. The molecule has 1 N–H and O–H groups in total. The second-order valence-corrected chi connectivity index (χ2v) is 9.12. The summed E-state index contributed by atoms with van der Waals surface area (Å²) in [5.74, 6) is 1.92. The Morgan fingerprint density at radius 2 is 1.61 bits per heavy atom. The van der Waals surface area contributed by atoms with Crippen molar-refractivity contribution in [2.75, 3.05) is 19.5 Å². The Bertz CT molecular complexity index is 1370. The number of ether oxygens (including phenoxy) is 3. The van der Waals surface area contributed by atoms with Crippen LogP contribution in [0.4, 0.5) is 5.69 Å². The van der Waals surface area contributed by atoms with E-state index < -0.39 is 0 Å². The van der Waals surface area contributed by atoms with E-state index in [1.165, 1.54) is 0 Å². The van der Waals surface area contributed by atoms with Crippen LogP contribution in [-0.4, -0.2) is 29.9 Å². The van der Waals surface area contributed by atoms with Gasteiger partial charge in [-0.15, -0.1) is 0 Å². The highest BCUT2D eigenvalue weighted by Crippen LogP contribution is 2.29. The molecular formula is C28H28BrN3O4. The molecule has 8 heteroatoms. The predicted octanol–water partition coefficient (Wildman–Crippen LogP) is 6.16. The number of nitrogens with zero attached hydrogens (tertiary/aromatic N) is 2. The highest BCUT2D eigenvalue weighted by molar-refractivity contribution is 9.10. The molecular weight excluding hydrogens is 522 g/mol. The van der Waals surface area contributed by atoms with Gasteiger partial charge in [0.25, 0.3) is 5.91 Å². The van der Waals surface area contributed by atoms with Crippen molar-refractivity contribution in [2.45, 2.75) is 27.0 Å². The number of halogens is 1. The van der Waals surface area contributed by atoms with Crippen LogP contribution in [0.5, 0.6) is 17.2 Å². The number of anilines is 1. The zero-order valence-corrected chi connectivity index (χ0v) is 22.3. The highest BCUT2D eigenvalue weighted by Gasteiger charge is 2.16. The lowest BCUT2D eigenvalue weighted by Gasteiger charge is -2.11. The van der Waals surface area contributed by atoms with Crippen molar-refractivity contribution in [1.29, 1.82) is 0 Å². The number of carbonyl (C=O) groups excluding carboxylic acids is 1. The number of hydrogen-bond acceptors (Lipinski definition) is 5. The van der Waals surface area contributed by atoms with Gasteiger partial charge in [0.1, 0.15) is 12.4 Å². The van der Waals surface area contributed by atoms with Crippen LogP contribution in [0.3, 0.4) is 0 Å². The van der Waals surface area contributed by atoms with Gasteiger partial charge in [0.05, 0.1) is 42.3 Å². The van der Waals surface area contributed by atoms with E-state index in [2.05, 4.69) is 26.3 Å². The van der Waals surface area contributed by atoms with Crippen LogP contribution in [-0.2, 0) is 13.2 Å². The van der Waals surface area contributed by atoms with Gasteiger partial charge >= 0.3 is 0 Å². The molecule has 0 radical (unpaired) electrons. The van der Waals surface area contributed by atoms with Crippen LogP contribution in [0.15, 0.2) is 71.2 Å². The molecule has 0 saturated carbocycles. The fourth-order valence-corrected chi connectivity index (χ4v) is 4.24. The average Bonchev–Trinajstić information content (AvgIpc) is 3.15. The summed E-state index contributed by atoms with van der Waals surface area (Å²) in [4.78, 5) is 13.0. The Hall–Kier alpha value is -3.78. The number of para-hydroxylation sites is 1. The van der Waals surface area contributed by atoms with E-state index in [-0.39, 0.29) is 5.91 Å². The molecule has 0 spiro atoms. The first-order valence-corrected chi connectivity index (χ1v) is 12.2. The summed E-state index contributed by atoms with van der Waals surface area (Å²) in [7, 11) is 3.22. The van der Waals surface area contributed by atoms with Crippen LogP contribution in [0.25, 0.3) is 0 Å². The van der Waals surface area contributed by atoms with Gasteiger partial charge in [-0.25, -0.2) is 0 Å². The summed E-state index contributed by atoms with van der Waals surface area (Å²) < 4.78 is 19.3. The molecule has 36 heavy (non-hydrogen) atoms. The van der Waals surface area contributed by atoms with Crippen molar-refractivity contribution < 1.29 is 19.0 Å². The number of benzene rings is 3. The minimum Gasteiger partial charge on any atom is -0.493 e. The lowest BCUT2D eigenvalue weighted by Crippen LogP contribution is -2.13. The van der Waals surface area contributed by atoms with Crippen molar-refractivity contribution in [3.8, 4) is 17.2 Å². The van der Waals surface area contributed by atoms with Gasteiger partial charge in [-0.1, -0.05) is 30.3 Å². The zero-order chi connectivity index (χ0) is 25.7. The van der Waals surface area contributed by atoms with E-state index in [0.717, 1.165) is 32.7 Å². The van der Waals surface area contributed by atoms with E-state index in [1.807, 2.05) is 73.1 Å². The summed E-state index contributed by atoms with van der Waals surface area (Å²) in [6.45, 7) is 4.77. The summed E-state index contributed by atoms with van der Waals surface area (Å²) in [5.41, 5.74) is 4.87. The minimum absolute atomic E-state index is 0.190. The maximum absolute atomic E-state index is 13.0. The Labute approximate surface area is 219 Å². The van der Waals surface area contributed by atoms with E-state index in [9.17, 15) is 4.79 Å². The topological polar surface area (TPSA) is 74.6 Å². The first-order chi connectivity index (χ1) is 17.4. The number of carbonyl (C=O) groups is 1. The maximum atomic E-state index is 13.0.